The van der Waals surface area contributed by atoms with Gasteiger partial charge in [0, 0.05) is 38.3 Å². The second-order valence-corrected chi connectivity index (χ2v) is 6.17. The fourth-order valence-electron chi connectivity index (χ4n) is 3.81. The highest BCUT2D eigenvalue weighted by atomic mass is 16.6. The minimum atomic E-state index is -0.0107. The first-order valence-corrected chi connectivity index (χ1v) is 7.40. The summed E-state index contributed by atoms with van der Waals surface area (Å²) < 4.78 is 11.5. The van der Waals surface area contributed by atoms with E-state index in [4.69, 9.17) is 9.47 Å². The van der Waals surface area contributed by atoms with Gasteiger partial charge in [-0.05, 0) is 31.6 Å². The Balaban J connectivity index is 1.56. The third-order valence-corrected chi connectivity index (χ3v) is 4.90. The molecule has 1 aliphatic carbocycles. The fourth-order valence-corrected chi connectivity index (χ4v) is 3.81. The van der Waals surface area contributed by atoms with Crippen molar-refractivity contribution in [2.45, 2.75) is 56.2 Å². The Labute approximate surface area is 109 Å². The zero-order chi connectivity index (χ0) is 12.4. The summed E-state index contributed by atoms with van der Waals surface area (Å²) in [6.07, 6.45) is 6.84. The summed E-state index contributed by atoms with van der Waals surface area (Å²) in [5.74, 6) is 0.462. The fraction of sp³-hybridized carbons (Fsp3) is 1.00. The lowest BCUT2D eigenvalue weighted by atomic mass is 9.88. The van der Waals surface area contributed by atoms with E-state index in [9.17, 15) is 5.11 Å². The highest BCUT2D eigenvalue weighted by Gasteiger charge is 2.42. The molecule has 0 aromatic carbocycles. The van der Waals surface area contributed by atoms with Crippen LogP contribution in [0.3, 0.4) is 0 Å². The molecule has 0 aromatic heterocycles. The van der Waals surface area contributed by atoms with Crippen LogP contribution in [-0.4, -0.2) is 49.2 Å². The summed E-state index contributed by atoms with van der Waals surface area (Å²) in [6, 6.07) is 1.05. The van der Waals surface area contributed by atoms with Gasteiger partial charge in [0.15, 0.2) is 0 Å². The molecule has 1 spiro atoms. The van der Waals surface area contributed by atoms with Crippen LogP contribution in [0.15, 0.2) is 0 Å². The van der Waals surface area contributed by atoms with Crippen molar-refractivity contribution in [1.82, 2.24) is 5.32 Å². The maximum atomic E-state index is 9.39. The van der Waals surface area contributed by atoms with E-state index >= 15 is 0 Å². The maximum Gasteiger partial charge on any atom is 0.0951 e. The summed E-state index contributed by atoms with van der Waals surface area (Å²) in [5, 5.41) is 13.2. The first-order valence-electron chi connectivity index (χ1n) is 7.40. The van der Waals surface area contributed by atoms with Crippen molar-refractivity contribution in [2.24, 2.45) is 5.92 Å². The number of hydrogen-bond donors (Lipinski definition) is 2. The predicted octanol–water partition coefficient (Wildman–Crippen LogP) is 1.08. The summed E-state index contributed by atoms with van der Waals surface area (Å²) in [6.45, 7) is 2.78. The van der Waals surface area contributed by atoms with E-state index < -0.39 is 0 Å². The molecule has 4 nitrogen and oxygen atoms in total. The second kappa shape index (κ2) is 5.45. The van der Waals surface area contributed by atoms with E-state index in [1.54, 1.807) is 0 Å². The minimum absolute atomic E-state index is 0.0107. The van der Waals surface area contributed by atoms with Crippen LogP contribution in [0.2, 0.25) is 0 Å². The van der Waals surface area contributed by atoms with Crippen molar-refractivity contribution in [2.75, 3.05) is 26.4 Å². The molecule has 1 saturated carbocycles. The van der Waals surface area contributed by atoms with Gasteiger partial charge in [0.05, 0.1) is 12.2 Å². The maximum absolute atomic E-state index is 9.39. The molecule has 2 heterocycles. The summed E-state index contributed by atoms with van der Waals surface area (Å²) in [4.78, 5) is 0. The van der Waals surface area contributed by atoms with Crippen molar-refractivity contribution >= 4 is 0 Å². The number of rotatable bonds is 3. The van der Waals surface area contributed by atoms with Crippen molar-refractivity contribution in [3.05, 3.63) is 0 Å². The van der Waals surface area contributed by atoms with Crippen molar-refractivity contribution in [3.63, 3.8) is 0 Å². The Bertz CT molecular complexity index is 278. The van der Waals surface area contributed by atoms with Crippen LogP contribution >= 0.6 is 0 Å². The molecule has 2 saturated heterocycles. The average Bonchev–Trinajstić information content (AvgIpc) is 2.99. The van der Waals surface area contributed by atoms with Gasteiger partial charge in [-0.25, -0.2) is 0 Å². The molecule has 0 bridgehead atoms. The number of aliphatic hydroxyl groups excluding tert-OH is 1. The topological polar surface area (TPSA) is 50.7 Å². The van der Waals surface area contributed by atoms with Gasteiger partial charge in [-0.3, -0.25) is 0 Å². The van der Waals surface area contributed by atoms with Crippen LogP contribution in [0, 0.1) is 5.92 Å². The summed E-state index contributed by atoms with van der Waals surface area (Å²) >= 11 is 0. The molecule has 104 valence electrons. The van der Waals surface area contributed by atoms with Gasteiger partial charge in [-0.1, -0.05) is 6.42 Å². The Hall–Kier alpha value is -0.160. The Morgan fingerprint density at radius 1 is 1.22 bits per heavy atom. The van der Waals surface area contributed by atoms with E-state index in [0.717, 1.165) is 39.1 Å². The normalized spacial score (nSPS) is 44.8. The first kappa shape index (κ1) is 12.9. The molecule has 3 fully saturated rings. The Morgan fingerprint density at radius 3 is 2.94 bits per heavy atom. The average molecular weight is 255 g/mol. The number of nitrogens with one attached hydrogen (secondary N) is 1. The smallest absolute Gasteiger partial charge is 0.0951 e. The first-order chi connectivity index (χ1) is 8.81. The molecule has 4 atom stereocenters. The molecule has 3 aliphatic rings. The third-order valence-electron chi connectivity index (χ3n) is 4.90. The van der Waals surface area contributed by atoms with Crippen LogP contribution < -0.4 is 5.32 Å². The monoisotopic (exact) mass is 255 g/mol. The molecule has 0 aromatic rings. The number of hydrogen-bond acceptors (Lipinski definition) is 4. The van der Waals surface area contributed by atoms with Gasteiger partial charge in [-0.2, -0.15) is 0 Å². The standard InChI is InChI=1S/C14H25NO3/c16-9-11-2-1-3-13(11)15-12-4-6-18-14(8-12)5-7-17-10-14/h11-13,15-16H,1-10H2. The molecule has 4 heteroatoms. The number of ether oxygens (including phenoxy) is 2. The van der Waals surface area contributed by atoms with E-state index in [1.807, 2.05) is 0 Å². The van der Waals surface area contributed by atoms with E-state index in [0.29, 0.717) is 24.6 Å². The zero-order valence-corrected chi connectivity index (χ0v) is 11.1. The minimum Gasteiger partial charge on any atom is -0.396 e. The quantitative estimate of drug-likeness (QED) is 0.792. The summed E-state index contributed by atoms with van der Waals surface area (Å²) in [7, 11) is 0. The molecule has 0 radical (unpaired) electrons. The van der Waals surface area contributed by atoms with Crippen molar-refractivity contribution < 1.29 is 14.6 Å². The van der Waals surface area contributed by atoms with Crippen LogP contribution in [0.5, 0.6) is 0 Å². The van der Waals surface area contributed by atoms with Gasteiger partial charge in [0.25, 0.3) is 0 Å². The Kier molecular flexibility index (Phi) is 3.89. The lowest BCUT2D eigenvalue weighted by molar-refractivity contribution is -0.0909. The molecule has 3 rings (SSSR count). The van der Waals surface area contributed by atoms with Gasteiger partial charge in [-0.15, -0.1) is 0 Å². The molecular formula is C14H25NO3. The van der Waals surface area contributed by atoms with Crippen molar-refractivity contribution in [1.29, 1.82) is 0 Å². The predicted molar refractivity (Wildman–Crippen MR) is 68.5 cm³/mol. The highest BCUT2D eigenvalue weighted by Crippen LogP contribution is 2.34. The molecule has 18 heavy (non-hydrogen) atoms. The van der Waals surface area contributed by atoms with Crippen LogP contribution in [-0.2, 0) is 9.47 Å². The molecule has 0 amide bonds. The molecule has 4 unspecified atom stereocenters. The zero-order valence-electron chi connectivity index (χ0n) is 11.1. The van der Waals surface area contributed by atoms with E-state index in [2.05, 4.69) is 5.32 Å². The summed E-state index contributed by atoms with van der Waals surface area (Å²) in [5.41, 5.74) is -0.0107. The van der Waals surface area contributed by atoms with Crippen LogP contribution in [0.25, 0.3) is 0 Å². The van der Waals surface area contributed by atoms with Crippen LogP contribution in [0.1, 0.15) is 38.5 Å². The second-order valence-electron chi connectivity index (χ2n) is 6.17. The number of aliphatic hydroxyl groups is 1. The Morgan fingerprint density at radius 2 is 2.17 bits per heavy atom. The van der Waals surface area contributed by atoms with E-state index in [-0.39, 0.29) is 5.60 Å². The van der Waals surface area contributed by atoms with E-state index in [1.165, 1.54) is 19.3 Å². The van der Waals surface area contributed by atoms with Gasteiger partial charge in [0.1, 0.15) is 0 Å². The SMILES string of the molecule is OCC1CCCC1NC1CCOC2(CCOC2)C1. The molecular weight excluding hydrogens is 230 g/mol. The lowest BCUT2D eigenvalue weighted by Gasteiger charge is -2.39. The highest BCUT2D eigenvalue weighted by molar-refractivity contribution is 4.95. The van der Waals surface area contributed by atoms with Gasteiger partial charge < -0.3 is 19.9 Å². The van der Waals surface area contributed by atoms with Gasteiger partial charge >= 0.3 is 0 Å². The third kappa shape index (κ3) is 2.57. The van der Waals surface area contributed by atoms with Crippen molar-refractivity contribution in [3.8, 4) is 0 Å². The molecule has 2 aliphatic heterocycles. The lowest BCUT2D eigenvalue weighted by Crippen LogP contribution is -2.51. The van der Waals surface area contributed by atoms with Gasteiger partial charge in [0.2, 0.25) is 0 Å². The molecule has 2 N–H and O–H groups in total. The van der Waals surface area contributed by atoms with Crippen LogP contribution in [0.4, 0.5) is 0 Å². The largest absolute Gasteiger partial charge is 0.396 e.